The number of para-hydroxylation sites is 1. The average molecular weight is 423 g/mol. The monoisotopic (exact) mass is 423 g/mol. The molecule has 162 valence electrons. The molecule has 0 fully saturated rings. The van der Waals surface area contributed by atoms with Gasteiger partial charge >= 0.3 is 12.1 Å². The van der Waals surface area contributed by atoms with Crippen LogP contribution in [0, 0.1) is 0 Å². The Balaban J connectivity index is 1.92. The molecule has 0 aliphatic carbocycles. The maximum atomic E-state index is 12.7. The Hall–Kier alpha value is -3.68. The minimum absolute atomic E-state index is 0.127. The van der Waals surface area contributed by atoms with Crippen molar-refractivity contribution in [3.8, 4) is 0 Å². The highest BCUT2D eigenvalue weighted by Gasteiger charge is 2.26. The van der Waals surface area contributed by atoms with Gasteiger partial charge in [0.05, 0.1) is 12.6 Å². The standard InChI is InChI=1S/C23H25N3O5/c1-23(2,3)31-22(29)26-14-15(16-9-5-6-11-19(16)26)13-18(21(28)30-4)25-20(27)17-10-7-8-12-24-17/h5-12,14,18H,13H2,1-4H3,(H,25,27)/t18-/m1/s1. The molecule has 1 aromatic carbocycles. The molecule has 8 nitrogen and oxygen atoms in total. The van der Waals surface area contributed by atoms with E-state index in [1.807, 2.05) is 18.2 Å². The van der Waals surface area contributed by atoms with Gasteiger partial charge in [0.2, 0.25) is 0 Å². The van der Waals surface area contributed by atoms with E-state index in [0.29, 0.717) is 11.1 Å². The number of esters is 1. The van der Waals surface area contributed by atoms with Gasteiger partial charge in [-0.1, -0.05) is 24.3 Å². The van der Waals surface area contributed by atoms with Crippen LogP contribution in [0.2, 0.25) is 0 Å². The minimum atomic E-state index is -0.961. The molecule has 2 heterocycles. The number of ether oxygens (including phenoxy) is 2. The molecule has 8 heteroatoms. The van der Waals surface area contributed by atoms with E-state index < -0.39 is 29.6 Å². The van der Waals surface area contributed by atoms with Crippen molar-refractivity contribution < 1.29 is 23.9 Å². The second kappa shape index (κ2) is 8.99. The lowest BCUT2D eigenvalue weighted by Gasteiger charge is -2.19. The van der Waals surface area contributed by atoms with E-state index in [2.05, 4.69) is 10.3 Å². The molecule has 3 aromatic rings. The Bertz CT molecular complexity index is 1100. The fraction of sp³-hybridized carbons (Fsp3) is 0.304. The maximum Gasteiger partial charge on any atom is 0.419 e. The third-order valence-corrected chi connectivity index (χ3v) is 4.50. The summed E-state index contributed by atoms with van der Waals surface area (Å²) in [6.45, 7) is 5.37. The van der Waals surface area contributed by atoms with Crippen molar-refractivity contribution in [3.05, 3.63) is 66.1 Å². The summed E-state index contributed by atoms with van der Waals surface area (Å²) >= 11 is 0. The molecule has 31 heavy (non-hydrogen) atoms. The van der Waals surface area contributed by atoms with Gasteiger partial charge in [-0.3, -0.25) is 14.3 Å². The van der Waals surface area contributed by atoms with E-state index in [9.17, 15) is 14.4 Å². The number of benzene rings is 1. The number of amides is 1. The van der Waals surface area contributed by atoms with Crippen molar-refractivity contribution in [1.29, 1.82) is 0 Å². The lowest BCUT2D eigenvalue weighted by atomic mass is 10.0. The molecule has 0 radical (unpaired) electrons. The average Bonchev–Trinajstić information content (AvgIpc) is 3.11. The van der Waals surface area contributed by atoms with Crippen LogP contribution in [0.1, 0.15) is 36.8 Å². The van der Waals surface area contributed by atoms with Gasteiger partial charge in [-0.15, -0.1) is 0 Å². The number of nitrogens with one attached hydrogen (secondary N) is 1. The molecule has 0 saturated carbocycles. The molecule has 0 bridgehead atoms. The normalized spacial score (nSPS) is 12.3. The van der Waals surface area contributed by atoms with Crippen molar-refractivity contribution in [2.24, 2.45) is 0 Å². The molecule has 2 aromatic heterocycles. The van der Waals surface area contributed by atoms with Crippen LogP contribution in [-0.2, 0) is 20.7 Å². The van der Waals surface area contributed by atoms with Crippen molar-refractivity contribution in [2.75, 3.05) is 7.11 Å². The minimum Gasteiger partial charge on any atom is -0.467 e. The highest BCUT2D eigenvalue weighted by Crippen LogP contribution is 2.24. The number of nitrogens with zero attached hydrogens (tertiary/aromatic N) is 2. The van der Waals surface area contributed by atoms with E-state index in [1.54, 1.807) is 51.2 Å². The second-order valence-electron chi connectivity index (χ2n) is 7.99. The summed E-state index contributed by atoms with van der Waals surface area (Å²) in [5, 5.41) is 3.45. The Morgan fingerprint density at radius 3 is 2.45 bits per heavy atom. The molecular formula is C23H25N3O5. The lowest BCUT2D eigenvalue weighted by Crippen LogP contribution is -2.43. The van der Waals surface area contributed by atoms with Crippen molar-refractivity contribution in [1.82, 2.24) is 14.9 Å². The predicted octanol–water partition coefficient (Wildman–Crippen LogP) is 3.33. The van der Waals surface area contributed by atoms with Gasteiger partial charge in [0, 0.05) is 24.2 Å². The van der Waals surface area contributed by atoms with Gasteiger partial charge in [0.25, 0.3) is 5.91 Å². The first kappa shape index (κ1) is 22.0. The number of hydrogen-bond acceptors (Lipinski definition) is 6. The van der Waals surface area contributed by atoms with Gasteiger partial charge in [-0.25, -0.2) is 9.59 Å². The highest BCUT2D eigenvalue weighted by molar-refractivity contribution is 5.96. The van der Waals surface area contributed by atoms with E-state index in [4.69, 9.17) is 9.47 Å². The van der Waals surface area contributed by atoms with E-state index >= 15 is 0 Å². The van der Waals surface area contributed by atoms with Crippen LogP contribution < -0.4 is 5.32 Å². The smallest absolute Gasteiger partial charge is 0.419 e. The zero-order valence-electron chi connectivity index (χ0n) is 17.9. The van der Waals surface area contributed by atoms with Crippen LogP contribution in [0.4, 0.5) is 4.79 Å². The number of carbonyl (C=O) groups is 3. The number of aromatic nitrogens is 2. The summed E-state index contributed by atoms with van der Waals surface area (Å²) in [6.07, 6.45) is 2.72. The topological polar surface area (TPSA) is 99.5 Å². The zero-order valence-corrected chi connectivity index (χ0v) is 17.9. The molecule has 0 spiro atoms. The zero-order chi connectivity index (χ0) is 22.6. The third-order valence-electron chi connectivity index (χ3n) is 4.50. The molecule has 1 amide bonds. The van der Waals surface area contributed by atoms with Crippen molar-refractivity contribution in [3.63, 3.8) is 0 Å². The molecular weight excluding hydrogens is 398 g/mol. The van der Waals surface area contributed by atoms with E-state index in [0.717, 1.165) is 5.39 Å². The first-order valence-corrected chi connectivity index (χ1v) is 9.81. The Kier molecular flexibility index (Phi) is 6.39. The van der Waals surface area contributed by atoms with Gasteiger partial charge in [0.15, 0.2) is 0 Å². The summed E-state index contributed by atoms with van der Waals surface area (Å²) < 4.78 is 11.8. The lowest BCUT2D eigenvalue weighted by molar-refractivity contribution is -0.142. The summed E-state index contributed by atoms with van der Waals surface area (Å²) in [6, 6.07) is 11.3. The predicted molar refractivity (Wildman–Crippen MR) is 115 cm³/mol. The van der Waals surface area contributed by atoms with Gasteiger partial charge < -0.3 is 14.8 Å². The van der Waals surface area contributed by atoms with Crippen LogP contribution in [0.5, 0.6) is 0 Å². The van der Waals surface area contributed by atoms with Crippen molar-refractivity contribution in [2.45, 2.75) is 38.8 Å². The maximum absolute atomic E-state index is 12.7. The largest absolute Gasteiger partial charge is 0.467 e. The Morgan fingerprint density at radius 2 is 1.81 bits per heavy atom. The summed E-state index contributed by atoms with van der Waals surface area (Å²) in [4.78, 5) is 41.6. The molecule has 0 unspecified atom stereocenters. The Labute approximate surface area is 180 Å². The van der Waals surface area contributed by atoms with Crippen LogP contribution in [0.3, 0.4) is 0 Å². The molecule has 1 N–H and O–H groups in total. The number of pyridine rings is 1. The number of methoxy groups -OCH3 is 1. The molecule has 3 rings (SSSR count). The molecule has 0 saturated heterocycles. The number of hydrogen-bond donors (Lipinski definition) is 1. The molecule has 1 atom stereocenters. The fourth-order valence-electron chi connectivity index (χ4n) is 3.16. The van der Waals surface area contributed by atoms with Crippen LogP contribution in [-0.4, -0.2) is 46.3 Å². The van der Waals surface area contributed by atoms with Crippen molar-refractivity contribution >= 4 is 28.9 Å². The van der Waals surface area contributed by atoms with Gasteiger partial charge in [0.1, 0.15) is 17.3 Å². The highest BCUT2D eigenvalue weighted by atomic mass is 16.6. The van der Waals surface area contributed by atoms with E-state index in [-0.39, 0.29) is 12.1 Å². The second-order valence-corrected chi connectivity index (χ2v) is 7.99. The summed E-state index contributed by atoms with van der Waals surface area (Å²) in [5.41, 5.74) is 0.866. The van der Waals surface area contributed by atoms with Gasteiger partial charge in [-0.05, 0) is 44.5 Å². The number of carbonyl (C=O) groups excluding carboxylic acids is 3. The van der Waals surface area contributed by atoms with Crippen LogP contribution >= 0.6 is 0 Å². The Morgan fingerprint density at radius 1 is 1.10 bits per heavy atom. The quantitative estimate of drug-likeness (QED) is 0.632. The third kappa shape index (κ3) is 5.28. The van der Waals surface area contributed by atoms with E-state index in [1.165, 1.54) is 17.9 Å². The SMILES string of the molecule is COC(=O)[C@@H](Cc1cn(C(=O)OC(C)(C)C)c2ccccc12)NC(=O)c1ccccn1. The summed E-state index contributed by atoms with van der Waals surface area (Å²) in [7, 11) is 1.26. The van der Waals surface area contributed by atoms with Crippen LogP contribution in [0.15, 0.2) is 54.9 Å². The van der Waals surface area contributed by atoms with Gasteiger partial charge in [-0.2, -0.15) is 0 Å². The van der Waals surface area contributed by atoms with Crippen LogP contribution in [0.25, 0.3) is 10.9 Å². The fourth-order valence-corrected chi connectivity index (χ4v) is 3.16. The molecule has 0 aliphatic heterocycles. The first-order chi connectivity index (χ1) is 14.7. The molecule has 0 aliphatic rings. The number of fused-ring (bicyclic) bond motifs is 1. The first-order valence-electron chi connectivity index (χ1n) is 9.81. The number of rotatable bonds is 5. The summed E-state index contributed by atoms with van der Waals surface area (Å²) in [5.74, 6) is -1.09.